The van der Waals surface area contributed by atoms with Crippen LogP contribution in [0.1, 0.15) is 20.1 Å². The molecule has 0 N–H and O–H groups in total. The fourth-order valence-electron chi connectivity index (χ4n) is 1.52. The Bertz CT molecular complexity index is 588. The lowest BCUT2D eigenvalue weighted by atomic mass is 10.1. The topological polar surface area (TPSA) is 17.1 Å². The van der Waals surface area contributed by atoms with Gasteiger partial charge in [0.05, 0.1) is 14.9 Å². The first-order valence-corrected chi connectivity index (χ1v) is 7.57. The molecule has 0 aliphatic rings. The van der Waals surface area contributed by atoms with Crippen molar-refractivity contribution in [3.8, 4) is 0 Å². The number of hydrogen-bond donors (Lipinski definition) is 0. The van der Waals surface area contributed by atoms with E-state index in [4.69, 9.17) is 23.2 Å². The summed E-state index contributed by atoms with van der Waals surface area (Å²) in [5.41, 5.74) is 0.872. The fraction of sp³-hybridized carbons (Fsp3) is 0.154. The average Bonchev–Trinajstić information content (AvgIpc) is 2.65. The molecule has 5 heteroatoms. The van der Waals surface area contributed by atoms with Crippen LogP contribution in [-0.2, 0) is 6.42 Å². The zero-order chi connectivity index (χ0) is 13.3. The molecule has 1 aromatic carbocycles. The van der Waals surface area contributed by atoms with Crippen LogP contribution in [0.4, 0.5) is 0 Å². The maximum atomic E-state index is 12.1. The monoisotopic (exact) mass is 362 g/mol. The SMILES string of the molecule is Cc1sc(C(=O)Cc2ccc(Cl)c(Cl)c2)cc1Br. The van der Waals surface area contributed by atoms with Gasteiger partial charge in [-0.3, -0.25) is 4.79 Å². The smallest absolute Gasteiger partial charge is 0.177 e. The number of rotatable bonds is 3. The Labute approximate surface area is 128 Å². The van der Waals surface area contributed by atoms with Gasteiger partial charge in [-0.2, -0.15) is 0 Å². The molecule has 2 rings (SSSR count). The second-order valence-electron chi connectivity index (χ2n) is 3.86. The van der Waals surface area contributed by atoms with Gasteiger partial charge in [0.1, 0.15) is 0 Å². The molecule has 0 atom stereocenters. The maximum Gasteiger partial charge on any atom is 0.177 e. The molecule has 0 spiro atoms. The van der Waals surface area contributed by atoms with E-state index in [0.717, 1.165) is 19.8 Å². The highest BCUT2D eigenvalue weighted by molar-refractivity contribution is 9.10. The molecular formula is C13H9BrCl2OS. The summed E-state index contributed by atoms with van der Waals surface area (Å²) in [6.45, 7) is 1.98. The summed E-state index contributed by atoms with van der Waals surface area (Å²) in [4.78, 5) is 13.9. The van der Waals surface area contributed by atoms with E-state index >= 15 is 0 Å². The Hall–Kier alpha value is -0.350. The van der Waals surface area contributed by atoms with Crippen molar-refractivity contribution in [1.82, 2.24) is 0 Å². The van der Waals surface area contributed by atoms with E-state index in [-0.39, 0.29) is 5.78 Å². The third-order valence-corrected chi connectivity index (χ3v) is 5.40. The number of Topliss-reactive ketones (excluding diaryl/α,β-unsaturated/α-hetero) is 1. The minimum atomic E-state index is 0.0900. The molecule has 0 saturated carbocycles. The van der Waals surface area contributed by atoms with Gasteiger partial charge in [-0.25, -0.2) is 0 Å². The average molecular weight is 364 g/mol. The highest BCUT2D eigenvalue weighted by atomic mass is 79.9. The van der Waals surface area contributed by atoms with Crippen molar-refractivity contribution in [1.29, 1.82) is 0 Å². The molecule has 94 valence electrons. The Morgan fingerprint density at radius 3 is 2.56 bits per heavy atom. The number of benzene rings is 1. The molecule has 2 aromatic rings. The molecule has 0 radical (unpaired) electrons. The zero-order valence-electron chi connectivity index (χ0n) is 9.47. The molecule has 0 aliphatic heterocycles. The molecule has 0 bridgehead atoms. The summed E-state index contributed by atoms with van der Waals surface area (Å²) >= 11 is 16.7. The van der Waals surface area contributed by atoms with Crippen LogP contribution in [0.25, 0.3) is 0 Å². The second kappa shape index (κ2) is 5.74. The molecule has 1 heterocycles. The minimum Gasteiger partial charge on any atom is -0.293 e. The van der Waals surface area contributed by atoms with Crippen LogP contribution >= 0.6 is 50.5 Å². The van der Waals surface area contributed by atoms with Crippen LogP contribution in [0.15, 0.2) is 28.7 Å². The molecular weight excluding hydrogens is 355 g/mol. The lowest BCUT2D eigenvalue weighted by molar-refractivity contribution is 0.0997. The molecule has 1 nitrogen and oxygen atoms in total. The molecule has 0 aliphatic carbocycles. The van der Waals surface area contributed by atoms with E-state index in [1.165, 1.54) is 11.3 Å². The molecule has 0 fully saturated rings. The van der Waals surface area contributed by atoms with Crippen LogP contribution in [0, 0.1) is 6.92 Å². The van der Waals surface area contributed by atoms with Gasteiger partial charge in [0, 0.05) is 15.8 Å². The highest BCUT2D eigenvalue weighted by Crippen LogP contribution is 2.28. The first-order chi connectivity index (χ1) is 8.47. The predicted molar refractivity (Wildman–Crippen MR) is 81.3 cm³/mol. The Kier molecular flexibility index (Phi) is 4.49. The quantitative estimate of drug-likeness (QED) is 0.653. The van der Waals surface area contributed by atoms with Crippen molar-refractivity contribution in [3.05, 3.63) is 54.1 Å². The van der Waals surface area contributed by atoms with Crippen LogP contribution < -0.4 is 0 Å². The van der Waals surface area contributed by atoms with Crippen molar-refractivity contribution in [2.75, 3.05) is 0 Å². The maximum absolute atomic E-state index is 12.1. The van der Waals surface area contributed by atoms with Gasteiger partial charge in [0.15, 0.2) is 5.78 Å². The second-order valence-corrected chi connectivity index (χ2v) is 6.79. The summed E-state index contributed by atoms with van der Waals surface area (Å²) in [6.07, 6.45) is 0.337. The van der Waals surface area contributed by atoms with Gasteiger partial charge in [-0.1, -0.05) is 29.3 Å². The summed E-state index contributed by atoms with van der Waals surface area (Å²) in [6, 6.07) is 7.13. The van der Waals surface area contributed by atoms with Gasteiger partial charge < -0.3 is 0 Å². The van der Waals surface area contributed by atoms with Crippen molar-refractivity contribution in [2.24, 2.45) is 0 Å². The standard InChI is InChI=1S/C13H9BrCl2OS/c1-7-9(14)6-13(18-7)12(17)5-8-2-3-10(15)11(16)4-8/h2-4,6H,5H2,1H3. The van der Waals surface area contributed by atoms with E-state index in [2.05, 4.69) is 15.9 Å². The van der Waals surface area contributed by atoms with Crippen molar-refractivity contribution < 1.29 is 4.79 Å². The minimum absolute atomic E-state index is 0.0900. The van der Waals surface area contributed by atoms with Gasteiger partial charge in [-0.05, 0) is 46.6 Å². The van der Waals surface area contributed by atoms with Gasteiger partial charge in [0.2, 0.25) is 0 Å². The van der Waals surface area contributed by atoms with Crippen molar-refractivity contribution in [3.63, 3.8) is 0 Å². The molecule has 0 amide bonds. The lowest BCUT2D eigenvalue weighted by Gasteiger charge is -2.01. The number of ketones is 1. The first-order valence-electron chi connectivity index (χ1n) is 5.20. The van der Waals surface area contributed by atoms with Crippen molar-refractivity contribution >= 4 is 56.3 Å². The normalized spacial score (nSPS) is 10.7. The number of thiophene rings is 1. The predicted octanol–water partition coefficient (Wildman–Crippen LogP) is 5.55. The van der Waals surface area contributed by atoms with Crippen molar-refractivity contribution in [2.45, 2.75) is 13.3 Å². The Morgan fingerprint density at radius 2 is 2.00 bits per heavy atom. The Balaban J connectivity index is 2.18. The van der Waals surface area contributed by atoms with Crippen LogP contribution in [0.5, 0.6) is 0 Å². The summed E-state index contributed by atoms with van der Waals surface area (Å²) in [5, 5.41) is 0.980. The number of aryl methyl sites for hydroxylation is 1. The van der Waals surface area contributed by atoms with E-state index in [1.807, 2.05) is 19.1 Å². The number of carbonyl (C=O) groups is 1. The van der Waals surface area contributed by atoms with E-state index in [9.17, 15) is 4.79 Å². The summed E-state index contributed by atoms with van der Waals surface area (Å²) in [5.74, 6) is 0.0900. The molecule has 0 unspecified atom stereocenters. The van der Waals surface area contributed by atoms with Gasteiger partial charge in [0.25, 0.3) is 0 Å². The summed E-state index contributed by atoms with van der Waals surface area (Å²) in [7, 11) is 0. The van der Waals surface area contributed by atoms with E-state index in [1.54, 1.807) is 12.1 Å². The van der Waals surface area contributed by atoms with E-state index in [0.29, 0.717) is 16.5 Å². The van der Waals surface area contributed by atoms with Crippen LogP contribution in [0.2, 0.25) is 10.0 Å². The van der Waals surface area contributed by atoms with E-state index < -0.39 is 0 Å². The summed E-state index contributed by atoms with van der Waals surface area (Å²) < 4.78 is 0.977. The molecule has 18 heavy (non-hydrogen) atoms. The number of carbonyl (C=O) groups excluding carboxylic acids is 1. The van der Waals surface area contributed by atoms with Crippen LogP contribution in [0.3, 0.4) is 0 Å². The van der Waals surface area contributed by atoms with Gasteiger partial charge in [-0.15, -0.1) is 11.3 Å². The largest absolute Gasteiger partial charge is 0.293 e. The lowest BCUT2D eigenvalue weighted by Crippen LogP contribution is -2.00. The number of hydrogen-bond acceptors (Lipinski definition) is 2. The first kappa shape index (κ1) is 14.1. The third kappa shape index (κ3) is 3.15. The third-order valence-electron chi connectivity index (χ3n) is 2.48. The highest BCUT2D eigenvalue weighted by Gasteiger charge is 2.12. The van der Waals surface area contributed by atoms with Crippen LogP contribution in [-0.4, -0.2) is 5.78 Å². The number of halogens is 3. The molecule has 0 saturated heterocycles. The van der Waals surface area contributed by atoms with Gasteiger partial charge >= 0.3 is 0 Å². The zero-order valence-corrected chi connectivity index (χ0v) is 13.4. The molecule has 1 aromatic heterocycles. The fourth-order valence-corrected chi connectivity index (χ4v) is 3.31. The Morgan fingerprint density at radius 1 is 1.28 bits per heavy atom.